The van der Waals surface area contributed by atoms with Crippen molar-refractivity contribution >= 4 is 12.4 Å². The predicted octanol–water partition coefficient (Wildman–Crippen LogP) is 2.39. The predicted molar refractivity (Wildman–Crippen MR) is 53.0 cm³/mol. The number of aryl methyl sites for hydroxylation is 1. The summed E-state index contributed by atoms with van der Waals surface area (Å²) in [7, 11) is 0. The van der Waals surface area contributed by atoms with Gasteiger partial charge in [0.1, 0.15) is 5.75 Å². The van der Waals surface area contributed by atoms with E-state index in [1.807, 2.05) is 0 Å². The van der Waals surface area contributed by atoms with Gasteiger partial charge in [-0.25, -0.2) is 8.78 Å². The van der Waals surface area contributed by atoms with Gasteiger partial charge in [-0.15, -0.1) is 12.4 Å². The first-order chi connectivity index (χ1) is 6.02. The summed E-state index contributed by atoms with van der Waals surface area (Å²) in [4.78, 5) is 0. The normalized spacial score (nSPS) is 12.4. The van der Waals surface area contributed by atoms with Gasteiger partial charge in [0.05, 0.1) is 6.04 Å². The van der Waals surface area contributed by atoms with Gasteiger partial charge in [0.25, 0.3) is 6.43 Å². The lowest BCUT2D eigenvalue weighted by Crippen LogP contribution is -2.19. The first kappa shape index (κ1) is 13.1. The van der Waals surface area contributed by atoms with Gasteiger partial charge in [0.15, 0.2) is 0 Å². The van der Waals surface area contributed by atoms with E-state index in [-0.39, 0.29) is 23.7 Å². The molecule has 1 atom stereocenters. The van der Waals surface area contributed by atoms with E-state index < -0.39 is 12.5 Å². The SMILES string of the molecule is Cc1ccc(O)c([C@@H](N)C(F)F)c1.Cl. The van der Waals surface area contributed by atoms with Crippen molar-refractivity contribution in [3.63, 3.8) is 0 Å². The van der Waals surface area contributed by atoms with Gasteiger partial charge < -0.3 is 10.8 Å². The van der Waals surface area contributed by atoms with E-state index in [0.717, 1.165) is 5.56 Å². The summed E-state index contributed by atoms with van der Waals surface area (Å²) in [6, 6.07) is 3.05. The van der Waals surface area contributed by atoms with Crippen molar-refractivity contribution in [2.75, 3.05) is 0 Å². The highest BCUT2D eigenvalue weighted by Crippen LogP contribution is 2.27. The van der Waals surface area contributed by atoms with E-state index >= 15 is 0 Å². The molecule has 1 aromatic carbocycles. The van der Waals surface area contributed by atoms with Crippen molar-refractivity contribution in [2.45, 2.75) is 19.4 Å². The monoisotopic (exact) mass is 223 g/mol. The topological polar surface area (TPSA) is 46.2 Å². The fourth-order valence-electron chi connectivity index (χ4n) is 1.08. The molecule has 0 bridgehead atoms. The maximum atomic E-state index is 12.2. The number of hydrogen-bond donors (Lipinski definition) is 2. The van der Waals surface area contributed by atoms with Gasteiger partial charge >= 0.3 is 0 Å². The minimum absolute atomic E-state index is 0. The van der Waals surface area contributed by atoms with Gasteiger partial charge in [-0.2, -0.15) is 0 Å². The lowest BCUT2D eigenvalue weighted by Gasteiger charge is -2.12. The number of halogens is 3. The zero-order chi connectivity index (χ0) is 10.0. The van der Waals surface area contributed by atoms with Crippen LogP contribution in [0.5, 0.6) is 5.75 Å². The Bertz CT molecular complexity index is 307. The maximum absolute atomic E-state index is 12.2. The van der Waals surface area contributed by atoms with Gasteiger partial charge in [-0.05, 0) is 13.0 Å². The molecular formula is C9H12ClF2NO. The number of nitrogens with two attached hydrogens (primary N) is 1. The van der Waals surface area contributed by atoms with Crippen molar-refractivity contribution < 1.29 is 13.9 Å². The van der Waals surface area contributed by atoms with E-state index in [4.69, 9.17) is 5.73 Å². The largest absolute Gasteiger partial charge is 0.508 e. The van der Waals surface area contributed by atoms with Crippen LogP contribution in [-0.2, 0) is 0 Å². The molecule has 80 valence electrons. The number of alkyl halides is 2. The van der Waals surface area contributed by atoms with Crippen LogP contribution >= 0.6 is 12.4 Å². The minimum atomic E-state index is -2.66. The minimum Gasteiger partial charge on any atom is -0.508 e. The second kappa shape index (κ2) is 5.12. The summed E-state index contributed by atoms with van der Waals surface area (Å²) < 4.78 is 24.4. The average Bonchev–Trinajstić information content (AvgIpc) is 2.08. The second-order valence-corrected chi connectivity index (χ2v) is 2.92. The second-order valence-electron chi connectivity index (χ2n) is 2.92. The number of phenolic OH excluding ortho intramolecular Hbond substituents is 1. The molecule has 0 heterocycles. The molecule has 0 aliphatic heterocycles. The van der Waals surface area contributed by atoms with Gasteiger partial charge in [-0.1, -0.05) is 17.7 Å². The highest BCUT2D eigenvalue weighted by Gasteiger charge is 2.20. The third-order valence-electron chi connectivity index (χ3n) is 1.81. The molecule has 1 rings (SSSR count). The van der Waals surface area contributed by atoms with Crippen LogP contribution in [-0.4, -0.2) is 11.5 Å². The number of aromatic hydroxyl groups is 1. The van der Waals surface area contributed by atoms with Gasteiger partial charge in [-0.3, -0.25) is 0 Å². The third kappa shape index (κ3) is 2.82. The van der Waals surface area contributed by atoms with Crippen molar-refractivity contribution in [1.82, 2.24) is 0 Å². The summed E-state index contributed by atoms with van der Waals surface area (Å²) in [5, 5.41) is 9.24. The number of hydrogen-bond acceptors (Lipinski definition) is 2. The molecule has 3 N–H and O–H groups in total. The quantitative estimate of drug-likeness (QED) is 0.809. The first-order valence-corrected chi connectivity index (χ1v) is 3.85. The van der Waals surface area contributed by atoms with Crippen LogP contribution in [0.3, 0.4) is 0 Å². The van der Waals surface area contributed by atoms with Crippen LogP contribution in [0.1, 0.15) is 17.2 Å². The van der Waals surface area contributed by atoms with Crippen LogP contribution in [0.25, 0.3) is 0 Å². The van der Waals surface area contributed by atoms with E-state index in [2.05, 4.69) is 0 Å². The maximum Gasteiger partial charge on any atom is 0.257 e. The number of rotatable bonds is 2. The lowest BCUT2D eigenvalue weighted by molar-refractivity contribution is 0.115. The Hall–Kier alpha value is -0.870. The summed E-state index contributed by atoms with van der Waals surface area (Å²) >= 11 is 0. The molecule has 0 aliphatic carbocycles. The zero-order valence-corrected chi connectivity index (χ0v) is 8.39. The van der Waals surface area contributed by atoms with Crippen LogP contribution in [0.2, 0.25) is 0 Å². The Balaban J connectivity index is 0.00000169. The van der Waals surface area contributed by atoms with E-state index in [9.17, 15) is 13.9 Å². The molecule has 0 aliphatic rings. The highest BCUT2D eigenvalue weighted by molar-refractivity contribution is 5.85. The number of phenols is 1. The van der Waals surface area contributed by atoms with Crippen molar-refractivity contribution in [3.05, 3.63) is 29.3 Å². The lowest BCUT2D eigenvalue weighted by atomic mass is 10.0. The molecule has 0 spiro atoms. The Morgan fingerprint density at radius 2 is 1.93 bits per heavy atom. The fraction of sp³-hybridized carbons (Fsp3) is 0.333. The molecule has 1 aromatic rings. The Morgan fingerprint density at radius 3 is 2.43 bits per heavy atom. The summed E-state index contributed by atoms with van der Waals surface area (Å²) in [5.74, 6) is -0.182. The first-order valence-electron chi connectivity index (χ1n) is 3.85. The Labute approximate surface area is 87.1 Å². The average molecular weight is 224 g/mol. The van der Waals surface area contributed by atoms with E-state index in [1.165, 1.54) is 12.1 Å². The molecule has 0 fully saturated rings. The Morgan fingerprint density at radius 1 is 1.36 bits per heavy atom. The molecule has 0 saturated heterocycles. The molecule has 14 heavy (non-hydrogen) atoms. The molecule has 0 radical (unpaired) electrons. The van der Waals surface area contributed by atoms with Crippen LogP contribution < -0.4 is 5.73 Å². The molecule has 0 aromatic heterocycles. The van der Waals surface area contributed by atoms with Gasteiger partial charge in [0.2, 0.25) is 0 Å². The van der Waals surface area contributed by atoms with E-state index in [0.29, 0.717) is 0 Å². The molecule has 5 heteroatoms. The molecule has 0 amide bonds. The smallest absolute Gasteiger partial charge is 0.257 e. The van der Waals surface area contributed by atoms with E-state index in [1.54, 1.807) is 13.0 Å². The fourth-order valence-corrected chi connectivity index (χ4v) is 1.08. The summed E-state index contributed by atoms with van der Waals surface area (Å²) in [6.07, 6.45) is -2.66. The third-order valence-corrected chi connectivity index (χ3v) is 1.81. The van der Waals surface area contributed by atoms with Crippen LogP contribution in [0.15, 0.2) is 18.2 Å². The molecule has 2 nitrogen and oxygen atoms in total. The standard InChI is InChI=1S/C9H11F2NO.ClH/c1-5-2-3-7(13)6(4-5)8(12)9(10)11;/h2-4,8-9,13H,12H2,1H3;1H/t8-;/m1./s1. The Kier molecular flexibility index (Phi) is 4.80. The molecular weight excluding hydrogens is 212 g/mol. The molecule has 0 saturated carbocycles. The van der Waals surface area contributed by atoms with Crippen molar-refractivity contribution in [3.8, 4) is 5.75 Å². The van der Waals surface area contributed by atoms with Crippen molar-refractivity contribution in [2.24, 2.45) is 5.73 Å². The summed E-state index contributed by atoms with van der Waals surface area (Å²) in [5.41, 5.74) is 6.09. The zero-order valence-electron chi connectivity index (χ0n) is 7.58. The van der Waals surface area contributed by atoms with Crippen molar-refractivity contribution in [1.29, 1.82) is 0 Å². The number of benzene rings is 1. The van der Waals surface area contributed by atoms with Crippen LogP contribution in [0, 0.1) is 6.92 Å². The van der Waals surface area contributed by atoms with Crippen LogP contribution in [0.4, 0.5) is 8.78 Å². The van der Waals surface area contributed by atoms with Gasteiger partial charge in [0, 0.05) is 5.56 Å². The molecule has 0 unspecified atom stereocenters. The summed E-state index contributed by atoms with van der Waals surface area (Å²) in [6.45, 7) is 1.75. The highest BCUT2D eigenvalue weighted by atomic mass is 35.5.